The molecule has 0 N–H and O–H groups in total. The van der Waals surface area contributed by atoms with Crippen LogP contribution in [0, 0.1) is 0 Å². The summed E-state index contributed by atoms with van der Waals surface area (Å²) in [6.07, 6.45) is 4.01. The van der Waals surface area contributed by atoms with E-state index in [1.54, 1.807) is 0 Å². The summed E-state index contributed by atoms with van der Waals surface area (Å²) in [6, 6.07) is 0. The number of rotatable bonds is 7. The number of ether oxygens (including phenoxy) is 2. The fourth-order valence-corrected chi connectivity index (χ4v) is 1.66. The van der Waals surface area contributed by atoms with Gasteiger partial charge in [-0.15, -0.1) is 0 Å². The van der Waals surface area contributed by atoms with Crippen LogP contribution in [0.2, 0.25) is 0 Å². The minimum Gasteiger partial charge on any atom is -0.466 e. The van der Waals surface area contributed by atoms with Crippen molar-refractivity contribution in [3.05, 3.63) is 11.1 Å². The normalized spacial score (nSPS) is 11.8. The summed E-state index contributed by atoms with van der Waals surface area (Å²) in [5.74, 6) is -0.868. The summed E-state index contributed by atoms with van der Waals surface area (Å²) in [7, 11) is 2.64. The second-order valence-corrected chi connectivity index (χ2v) is 3.75. The van der Waals surface area contributed by atoms with E-state index in [4.69, 9.17) is 4.74 Å². The maximum absolute atomic E-state index is 11.6. The molecule has 4 heteroatoms. The van der Waals surface area contributed by atoms with Gasteiger partial charge < -0.3 is 9.47 Å². The van der Waals surface area contributed by atoms with Gasteiger partial charge >= 0.3 is 11.9 Å². The molecule has 0 spiro atoms. The van der Waals surface area contributed by atoms with Crippen LogP contribution in [-0.2, 0) is 19.1 Å². The van der Waals surface area contributed by atoms with Crippen molar-refractivity contribution >= 4 is 11.9 Å². The average molecular weight is 242 g/mol. The van der Waals surface area contributed by atoms with Crippen LogP contribution in [0.25, 0.3) is 0 Å². The largest absolute Gasteiger partial charge is 0.466 e. The van der Waals surface area contributed by atoms with Crippen LogP contribution in [0.5, 0.6) is 0 Å². The Bertz CT molecular complexity index is 292. The molecule has 0 aromatic heterocycles. The number of methoxy groups -OCH3 is 2. The van der Waals surface area contributed by atoms with Gasteiger partial charge in [0.15, 0.2) is 0 Å². The average Bonchev–Trinajstić information content (AvgIpc) is 2.36. The lowest BCUT2D eigenvalue weighted by molar-refractivity contribution is -0.139. The quantitative estimate of drug-likeness (QED) is 0.391. The topological polar surface area (TPSA) is 52.6 Å². The van der Waals surface area contributed by atoms with E-state index in [1.807, 2.05) is 6.92 Å². The Kier molecular flexibility index (Phi) is 8.11. The highest BCUT2D eigenvalue weighted by Gasteiger charge is 2.20. The lowest BCUT2D eigenvalue weighted by atomic mass is 10.00. The molecular weight excluding hydrogens is 220 g/mol. The van der Waals surface area contributed by atoms with E-state index < -0.39 is 11.9 Å². The maximum atomic E-state index is 11.6. The summed E-state index contributed by atoms with van der Waals surface area (Å²) in [5, 5.41) is 0. The molecule has 0 rings (SSSR count). The summed E-state index contributed by atoms with van der Waals surface area (Å²) in [5.41, 5.74) is 0.880. The number of carbonyl (C=O) groups is 2. The Morgan fingerprint density at radius 1 is 0.882 bits per heavy atom. The molecule has 0 saturated carbocycles. The minimum atomic E-state index is -0.440. The SMILES string of the molecule is CCCCC/C(C(=O)OC)=C(\CC)C(=O)OC. The first-order valence-corrected chi connectivity index (χ1v) is 6.00. The third-order valence-electron chi connectivity index (χ3n) is 2.61. The molecule has 0 aliphatic rings. The second kappa shape index (κ2) is 8.79. The van der Waals surface area contributed by atoms with Gasteiger partial charge in [0.05, 0.1) is 14.2 Å². The summed E-state index contributed by atoms with van der Waals surface area (Å²) in [6.45, 7) is 3.91. The predicted molar refractivity (Wildman–Crippen MR) is 65.5 cm³/mol. The van der Waals surface area contributed by atoms with E-state index in [1.165, 1.54) is 14.2 Å². The van der Waals surface area contributed by atoms with Crippen molar-refractivity contribution in [3.8, 4) is 0 Å². The zero-order valence-corrected chi connectivity index (χ0v) is 11.2. The molecule has 0 aliphatic carbocycles. The molecule has 0 aromatic rings. The highest BCUT2D eigenvalue weighted by atomic mass is 16.5. The van der Waals surface area contributed by atoms with Crippen molar-refractivity contribution in [2.45, 2.75) is 46.0 Å². The molecule has 0 bridgehead atoms. The van der Waals surface area contributed by atoms with Crippen LogP contribution < -0.4 is 0 Å². The lowest BCUT2D eigenvalue weighted by Gasteiger charge is -2.10. The fraction of sp³-hybridized carbons (Fsp3) is 0.692. The van der Waals surface area contributed by atoms with Crippen molar-refractivity contribution in [2.75, 3.05) is 14.2 Å². The standard InChI is InChI=1S/C13H22O4/c1-5-7-8-9-11(13(15)17-4)10(6-2)12(14)16-3/h5-9H2,1-4H3/b11-10-. The molecule has 0 aromatic carbocycles. The first-order chi connectivity index (χ1) is 8.12. The molecule has 0 atom stereocenters. The van der Waals surface area contributed by atoms with Crippen LogP contribution in [0.1, 0.15) is 46.0 Å². The van der Waals surface area contributed by atoms with E-state index >= 15 is 0 Å². The number of hydrogen-bond acceptors (Lipinski definition) is 4. The molecule has 0 unspecified atom stereocenters. The highest BCUT2D eigenvalue weighted by Crippen LogP contribution is 2.19. The molecule has 4 nitrogen and oxygen atoms in total. The first-order valence-electron chi connectivity index (χ1n) is 6.00. The number of esters is 2. The Balaban J connectivity index is 5.01. The summed E-state index contributed by atoms with van der Waals surface area (Å²) >= 11 is 0. The number of hydrogen-bond donors (Lipinski definition) is 0. The molecular formula is C13H22O4. The van der Waals surface area contributed by atoms with Gasteiger partial charge in [0, 0.05) is 11.1 Å². The van der Waals surface area contributed by atoms with E-state index in [0.29, 0.717) is 24.0 Å². The van der Waals surface area contributed by atoms with Crippen LogP contribution in [0.4, 0.5) is 0 Å². The van der Waals surface area contributed by atoms with Gasteiger partial charge in [-0.25, -0.2) is 9.59 Å². The smallest absolute Gasteiger partial charge is 0.334 e. The van der Waals surface area contributed by atoms with E-state index in [0.717, 1.165) is 19.3 Å². The molecule has 0 radical (unpaired) electrons. The minimum absolute atomic E-state index is 0.426. The second-order valence-electron chi connectivity index (χ2n) is 3.75. The molecule has 0 fully saturated rings. The van der Waals surface area contributed by atoms with Crippen molar-refractivity contribution in [2.24, 2.45) is 0 Å². The lowest BCUT2D eigenvalue weighted by Crippen LogP contribution is -2.14. The third-order valence-corrected chi connectivity index (χ3v) is 2.61. The molecule has 0 saturated heterocycles. The van der Waals surface area contributed by atoms with Crippen molar-refractivity contribution in [3.63, 3.8) is 0 Å². The van der Waals surface area contributed by atoms with E-state index in [-0.39, 0.29) is 0 Å². The van der Waals surface area contributed by atoms with Gasteiger partial charge in [-0.3, -0.25) is 0 Å². The van der Waals surface area contributed by atoms with Crippen molar-refractivity contribution < 1.29 is 19.1 Å². The van der Waals surface area contributed by atoms with Gasteiger partial charge in [-0.05, 0) is 19.3 Å². The number of carbonyl (C=O) groups excluding carboxylic acids is 2. The Morgan fingerprint density at radius 2 is 1.41 bits per heavy atom. The highest BCUT2D eigenvalue weighted by molar-refractivity contribution is 6.00. The van der Waals surface area contributed by atoms with Crippen molar-refractivity contribution in [1.29, 1.82) is 0 Å². The zero-order chi connectivity index (χ0) is 13.3. The van der Waals surface area contributed by atoms with Crippen molar-refractivity contribution in [1.82, 2.24) is 0 Å². The van der Waals surface area contributed by atoms with Crippen LogP contribution in [0.3, 0.4) is 0 Å². The zero-order valence-electron chi connectivity index (χ0n) is 11.2. The predicted octanol–water partition coefficient (Wildman–Crippen LogP) is 2.62. The molecule has 0 aliphatic heterocycles. The van der Waals surface area contributed by atoms with Crippen LogP contribution >= 0.6 is 0 Å². The van der Waals surface area contributed by atoms with Crippen LogP contribution in [-0.4, -0.2) is 26.2 Å². The van der Waals surface area contributed by atoms with Gasteiger partial charge in [0.2, 0.25) is 0 Å². The van der Waals surface area contributed by atoms with Gasteiger partial charge in [0.25, 0.3) is 0 Å². The maximum Gasteiger partial charge on any atom is 0.334 e. The van der Waals surface area contributed by atoms with Gasteiger partial charge in [-0.2, -0.15) is 0 Å². The van der Waals surface area contributed by atoms with E-state index in [2.05, 4.69) is 11.7 Å². The van der Waals surface area contributed by atoms with Gasteiger partial charge in [0.1, 0.15) is 0 Å². The third kappa shape index (κ3) is 5.02. The molecule has 98 valence electrons. The van der Waals surface area contributed by atoms with Crippen LogP contribution in [0.15, 0.2) is 11.1 Å². The van der Waals surface area contributed by atoms with Gasteiger partial charge in [-0.1, -0.05) is 26.7 Å². The van der Waals surface area contributed by atoms with E-state index in [9.17, 15) is 9.59 Å². The summed E-state index contributed by atoms with van der Waals surface area (Å²) in [4.78, 5) is 23.2. The summed E-state index contributed by atoms with van der Waals surface area (Å²) < 4.78 is 9.40. The Labute approximate surface area is 103 Å². The fourth-order valence-electron chi connectivity index (χ4n) is 1.66. The first kappa shape index (κ1) is 15.7. The molecule has 0 amide bonds. The Morgan fingerprint density at radius 3 is 1.82 bits per heavy atom. The Hall–Kier alpha value is -1.32. The number of unbranched alkanes of at least 4 members (excludes halogenated alkanes) is 2. The molecule has 0 heterocycles. The molecule has 17 heavy (non-hydrogen) atoms. The monoisotopic (exact) mass is 242 g/mol.